The standard InChI is InChI=1S/C27H25N3O2S/c31-26(25-11-6-16-33-25)29-24(17-21-18-28-23-10-5-4-9-22(21)23)27(32)30-14-12-20(13-15-30)19-7-2-1-3-8-19/h1-12,16,18,24,28H,13-15,17H2,(H,29,31)/t24-/m1/s1. The van der Waals surface area contributed by atoms with Crippen LogP contribution in [0.1, 0.15) is 27.2 Å². The molecule has 0 fully saturated rings. The number of aromatic nitrogens is 1. The topological polar surface area (TPSA) is 65.2 Å². The Bertz CT molecular complexity index is 1290. The zero-order valence-corrected chi connectivity index (χ0v) is 19.0. The van der Waals surface area contributed by atoms with Crippen LogP contribution in [-0.4, -0.2) is 40.8 Å². The maximum atomic E-state index is 13.6. The molecule has 1 aliphatic heterocycles. The maximum absolute atomic E-state index is 13.6. The summed E-state index contributed by atoms with van der Waals surface area (Å²) in [5.41, 5.74) is 4.51. The quantitative estimate of drug-likeness (QED) is 0.435. The summed E-state index contributed by atoms with van der Waals surface area (Å²) in [6.45, 7) is 1.18. The van der Waals surface area contributed by atoms with Crippen LogP contribution in [0.3, 0.4) is 0 Å². The summed E-state index contributed by atoms with van der Waals surface area (Å²) in [5, 5.41) is 5.95. The fourth-order valence-corrected chi connectivity index (χ4v) is 4.99. The molecule has 2 aromatic carbocycles. The van der Waals surface area contributed by atoms with E-state index in [0.29, 0.717) is 24.4 Å². The van der Waals surface area contributed by atoms with Gasteiger partial charge in [-0.05, 0) is 40.6 Å². The van der Waals surface area contributed by atoms with Crippen molar-refractivity contribution >= 4 is 39.6 Å². The van der Waals surface area contributed by atoms with E-state index in [1.165, 1.54) is 22.5 Å². The van der Waals surface area contributed by atoms with Gasteiger partial charge in [0.2, 0.25) is 5.91 Å². The Morgan fingerprint density at radius 3 is 2.61 bits per heavy atom. The van der Waals surface area contributed by atoms with Gasteiger partial charge >= 0.3 is 0 Å². The monoisotopic (exact) mass is 455 g/mol. The van der Waals surface area contributed by atoms with Gasteiger partial charge in [0.25, 0.3) is 5.91 Å². The molecule has 4 aromatic rings. The Kier molecular flexibility index (Phi) is 6.09. The molecule has 2 N–H and O–H groups in total. The number of para-hydroxylation sites is 1. The average Bonchev–Trinajstić information content (AvgIpc) is 3.55. The van der Waals surface area contributed by atoms with Gasteiger partial charge in [0, 0.05) is 36.6 Å². The molecule has 1 aliphatic rings. The molecule has 0 spiro atoms. The molecule has 0 saturated carbocycles. The fraction of sp³-hybridized carbons (Fsp3) is 0.185. The summed E-state index contributed by atoms with van der Waals surface area (Å²) in [6, 6.07) is 21.3. The molecule has 33 heavy (non-hydrogen) atoms. The molecule has 0 aliphatic carbocycles. The SMILES string of the molecule is O=C(N[C@H](Cc1c[nH]c2ccccc12)C(=O)N1CC=C(c2ccccc2)CC1)c1cccs1. The van der Waals surface area contributed by atoms with Crippen LogP contribution in [0.15, 0.2) is 84.4 Å². The summed E-state index contributed by atoms with van der Waals surface area (Å²) in [4.78, 5) is 32.2. The molecule has 0 bridgehead atoms. The van der Waals surface area contributed by atoms with Crippen LogP contribution in [0, 0.1) is 0 Å². The van der Waals surface area contributed by atoms with Gasteiger partial charge in [-0.15, -0.1) is 11.3 Å². The first-order chi connectivity index (χ1) is 16.2. The molecule has 2 aromatic heterocycles. The molecule has 0 saturated heterocycles. The van der Waals surface area contributed by atoms with Crippen molar-refractivity contribution in [3.05, 3.63) is 100 Å². The highest BCUT2D eigenvalue weighted by molar-refractivity contribution is 7.12. The van der Waals surface area contributed by atoms with Gasteiger partial charge in [-0.2, -0.15) is 0 Å². The second kappa shape index (κ2) is 9.46. The molecule has 1 atom stereocenters. The van der Waals surface area contributed by atoms with E-state index in [0.717, 1.165) is 22.9 Å². The van der Waals surface area contributed by atoms with Crippen LogP contribution in [0.2, 0.25) is 0 Å². The number of amides is 2. The van der Waals surface area contributed by atoms with Crippen LogP contribution >= 0.6 is 11.3 Å². The van der Waals surface area contributed by atoms with Gasteiger partial charge in [0.1, 0.15) is 6.04 Å². The number of hydrogen-bond acceptors (Lipinski definition) is 3. The average molecular weight is 456 g/mol. The smallest absolute Gasteiger partial charge is 0.262 e. The minimum Gasteiger partial charge on any atom is -0.361 e. The maximum Gasteiger partial charge on any atom is 0.262 e. The minimum absolute atomic E-state index is 0.0476. The normalized spacial score (nSPS) is 14.7. The number of benzene rings is 2. The van der Waals surface area contributed by atoms with Crippen LogP contribution in [0.5, 0.6) is 0 Å². The predicted octanol–water partition coefficient (Wildman–Crippen LogP) is 4.89. The number of H-pyrrole nitrogens is 1. The summed E-state index contributed by atoms with van der Waals surface area (Å²) in [7, 11) is 0. The van der Waals surface area contributed by atoms with Crippen molar-refractivity contribution in [3.8, 4) is 0 Å². The lowest BCUT2D eigenvalue weighted by Crippen LogP contribution is -2.50. The number of nitrogens with one attached hydrogen (secondary N) is 2. The highest BCUT2D eigenvalue weighted by Crippen LogP contribution is 2.24. The lowest BCUT2D eigenvalue weighted by atomic mass is 9.98. The predicted molar refractivity (Wildman–Crippen MR) is 133 cm³/mol. The lowest BCUT2D eigenvalue weighted by molar-refractivity contribution is -0.132. The first-order valence-electron chi connectivity index (χ1n) is 11.1. The largest absolute Gasteiger partial charge is 0.361 e. The number of hydrogen-bond donors (Lipinski definition) is 2. The molecule has 166 valence electrons. The third kappa shape index (κ3) is 4.61. The fourth-order valence-electron chi connectivity index (χ4n) is 4.36. The zero-order chi connectivity index (χ0) is 22.6. The van der Waals surface area contributed by atoms with E-state index in [1.807, 2.05) is 65.0 Å². The second-order valence-corrected chi connectivity index (χ2v) is 9.14. The third-order valence-electron chi connectivity index (χ3n) is 6.11. The highest BCUT2D eigenvalue weighted by atomic mass is 32.1. The van der Waals surface area contributed by atoms with Crippen LogP contribution in [-0.2, 0) is 11.2 Å². The van der Waals surface area contributed by atoms with Crippen molar-refractivity contribution in [2.24, 2.45) is 0 Å². The van der Waals surface area contributed by atoms with Crippen molar-refractivity contribution in [3.63, 3.8) is 0 Å². The van der Waals surface area contributed by atoms with Gasteiger partial charge in [-0.1, -0.05) is 60.7 Å². The lowest BCUT2D eigenvalue weighted by Gasteiger charge is -2.30. The molecular formula is C27H25N3O2S. The van der Waals surface area contributed by atoms with E-state index in [4.69, 9.17) is 0 Å². The molecular weight excluding hydrogens is 430 g/mol. The number of thiophene rings is 1. The van der Waals surface area contributed by atoms with Crippen molar-refractivity contribution in [2.45, 2.75) is 18.9 Å². The van der Waals surface area contributed by atoms with Crippen molar-refractivity contribution in [1.82, 2.24) is 15.2 Å². The Labute approximate surface area is 196 Å². The van der Waals surface area contributed by atoms with E-state index >= 15 is 0 Å². The van der Waals surface area contributed by atoms with E-state index in [9.17, 15) is 9.59 Å². The Morgan fingerprint density at radius 2 is 1.85 bits per heavy atom. The number of carbonyl (C=O) groups is 2. The van der Waals surface area contributed by atoms with E-state index in [2.05, 4.69) is 28.5 Å². The first-order valence-corrected chi connectivity index (χ1v) is 12.0. The number of rotatable bonds is 6. The molecule has 0 radical (unpaired) electrons. The number of carbonyl (C=O) groups excluding carboxylic acids is 2. The van der Waals surface area contributed by atoms with Crippen LogP contribution in [0.4, 0.5) is 0 Å². The van der Waals surface area contributed by atoms with Crippen LogP contribution in [0.25, 0.3) is 16.5 Å². The molecule has 2 amide bonds. The minimum atomic E-state index is -0.634. The Morgan fingerprint density at radius 1 is 1.03 bits per heavy atom. The van der Waals surface area contributed by atoms with Gasteiger partial charge in [0.05, 0.1) is 4.88 Å². The highest BCUT2D eigenvalue weighted by Gasteiger charge is 2.29. The van der Waals surface area contributed by atoms with Gasteiger partial charge in [0.15, 0.2) is 0 Å². The van der Waals surface area contributed by atoms with E-state index in [1.54, 1.807) is 6.07 Å². The van der Waals surface area contributed by atoms with E-state index < -0.39 is 6.04 Å². The van der Waals surface area contributed by atoms with Crippen molar-refractivity contribution in [1.29, 1.82) is 0 Å². The molecule has 5 nitrogen and oxygen atoms in total. The molecule has 0 unspecified atom stereocenters. The van der Waals surface area contributed by atoms with Crippen LogP contribution < -0.4 is 5.32 Å². The first kappa shape index (κ1) is 21.2. The molecule has 5 rings (SSSR count). The molecule has 3 heterocycles. The van der Waals surface area contributed by atoms with Crippen molar-refractivity contribution in [2.75, 3.05) is 13.1 Å². The summed E-state index contributed by atoms with van der Waals surface area (Å²) >= 11 is 1.38. The van der Waals surface area contributed by atoms with Gasteiger partial charge in [-0.25, -0.2) is 0 Å². The zero-order valence-electron chi connectivity index (χ0n) is 18.2. The number of fused-ring (bicyclic) bond motifs is 1. The third-order valence-corrected chi connectivity index (χ3v) is 6.98. The summed E-state index contributed by atoms with van der Waals surface area (Å²) in [6.07, 6.45) is 5.30. The number of aromatic amines is 1. The summed E-state index contributed by atoms with van der Waals surface area (Å²) < 4.78 is 0. The summed E-state index contributed by atoms with van der Waals surface area (Å²) in [5.74, 6) is -0.255. The van der Waals surface area contributed by atoms with Gasteiger partial charge in [-0.3, -0.25) is 9.59 Å². The second-order valence-electron chi connectivity index (χ2n) is 8.20. The Balaban J connectivity index is 1.37. The number of nitrogens with zero attached hydrogens (tertiary/aromatic N) is 1. The van der Waals surface area contributed by atoms with Crippen molar-refractivity contribution < 1.29 is 9.59 Å². The van der Waals surface area contributed by atoms with E-state index in [-0.39, 0.29) is 11.8 Å². The van der Waals surface area contributed by atoms with Gasteiger partial charge < -0.3 is 15.2 Å². The Hall–Kier alpha value is -3.64. The molecule has 6 heteroatoms.